The molecule has 2 heterocycles. The maximum absolute atomic E-state index is 13.0. The molecule has 0 unspecified atom stereocenters. The van der Waals surface area contributed by atoms with E-state index < -0.39 is 16.7 Å². The Balaban J connectivity index is 1.66. The molecule has 0 aliphatic carbocycles. The van der Waals surface area contributed by atoms with Crippen LogP contribution in [-0.2, 0) is 9.59 Å². The van der Waals surface area contributed by atoms with Gasteiger partial charge in [0.2, 0.25) is 0 Å². The molecule has 31 heavy (non-hydrogen) atoms. The summed E-state index contributed by atoms with van der Waals surface area (Å²) in [6.45, 7) is 1.92. The van der Waals surface area contributed by atoms with Gasteiger partial charge < -0.3 is 4.42 Å². The molecule has 3 aromatic rings. The Morgan fingerprint density at radius 3 is 2.55 bits per heavy atom. The summed E-state index contributed by atoms with van der Waals surface area (Å²) in [5.74, 6) is -0.598. The number of carbonyl (C=O) groups excluding carboxylic acids is 2. The van der Waals surface area contributed by atoms with Gasteiger partial charge in [-0.05, 0) is 49.5 Å². The lowest BCUT2D eigenvalue weighted by Gasteiger charge is -2.28. The van der Waals surface area contributed by atoms with Crippen molar-refractivity contribution in [1.82, 2.24) is 5.32 Å². The summed E-state index contributed by atoms with van der Waals surface area (Å²) in [5, 5.41) is 13.5. The molecule has 8 nitrogen and oxygen atoms in total. The SMILES string of the molecule is Cc1ccc(N2C(=O)/C(=C/c3ccc(-c4cccc([N+](=O)[O-])c4)o3)C(=O)NC2=S)cc1. The molecule has 2 amide bonds. The van der Waals surface area contributed by atoms with Crippen molar-refractivity contribution < 1.29 is 18.9 Å². The van der Waals surface area contributed by atoms with Gasteiger partial charge in [-0.3, -0.25) is 29.9 Å². The van der Waals surface area contributed by atoms with Crippen molar-refractivity contribution >= 4 is 46.6 Å². The summed E-state index contributed by atoms with van der Waals surface area (Å²) in [6, 6.07) is 16.3. The second kappa shape index (κ2) is 7.96. The van der Waals surface area contributed by atoms with Crippen molar-refractivity contribution in [3.8, 4) is 11.3 Å². The van der Waals surface area contributed by atoms with Crippen LogP contribution in [0.4, 0.5) is 11.4 Å². The fourth-order valence-corrected chi connectivity index (χ4v) is 3.37. The summed E-state index contributed by atoms with van der Waals surface area (Å²) in [5.41, 5.74) is 1.83. The Morgan fingerprint density at radius 2 is 1.84 bits per heavy atom. The molecule has 1 N–H and O–H groups in total. The van der Waals surface area contributed by atoms with Crippen molar-refractivity contribution in [2.45, 2.75) is 6.92 Å². The van der Waals surface area contributed by atoms with E-state index in [2.05, 4.69) is 5.32 Å². The summed E-state index contributed by atoms with van der Waals surface area (Å²) in [4.78, 5) is 37.2. The number of carbonyl (C=O) groups is 2. The maximum Gasteiger partial charge on any atom is 0.270 e. The van der Waals surface area contributed by atoms with E-state index in [1.165, 1.54) is 23.1 Å². The average Bonchev–Trinajstić information content (AvgIpc) is 3.21. The Kier molecular flexibility index (Phi) is 5.18. The Labute approximate surface area is 181 Å². The largest absolute Gasteiger partial charge is 0.457 e. The van der Waals surface area contributed by atoms with Crippen molar-refractivity contribution in [3.05, 3.63) is 87.7 Å². The molecule has 0 saturated carbocycles. The Bertz CT molecular complexity index is 1260. The molecular formula is C22H15N3O5S. The van der Waals surface area contributed by atoms with E-state index in [9.17, 15) is 19.7 Å². The van der Waals surface area contributed by atoms with Crippen LogP contribution in [0, 0.1) is 17.0 Å². The number of aryl methyl sites for hydroxylation is 1. The lowest BCUT2D eigenvalue weighted by Crippen LogP contribution is -2.54. The number of nitrogens with zero attached hydrogens (tertiary/aromatic N) is 2. The molecule has 2 aromatic carbocycles. The third-order valence-corrected chi connectivity index (χ3v) is 4.93. The van der Waals surface area contributed by atoms with Crippen LogP contribution in [-0.4, -0.2) is 21.9 Å². The topological polar surface area (TPSA) is 106 Å². The second-order valence-corrected chi connectivity index (χ2v) is 7.19. The number of thiocarbonyl (C=S) groups is 1. The van der Waals surface area contributed by atoms with Crippen LogP contribution < -0.4 is 10.2 Å². The predicted octanol–water partition coefficient (Wildman–Crippen LogP) is 3.99. The van der Waals surface area contributed by atoms with Gasteiger partial charge in [-0.25, -0.2) is 0 Å². The second-order valence-electron chi connectivity index (χ2n) is 6.80. The van der Waals surface area contributed by atoms with Gasteiger partial charge in [0.15, 0.2) is 5.11 Å². The molecule has 1 aromatic heterocycles. The number of nitrogens with one attached hydrogen (secondary N) is 1. The van der Waals surface area contributed by atoms with E-state index in [-0.39, 0.29) is 22.1 Å². The van der Waals surface area contributed by atoms with E-state index in [1.807, 2.05) is 19.1 Å². The predicted molar refractivity (Wildman–Crippen MR) is 118 cm³/mol. The van der Waals surface area contributed by atoms with Crippen LogP contribution in [0.3, 0.4) is 0 Å². The van der Waals surface area contributed by atoms with Gasteiger partial charge in [0.25, 0.3) is 17.5 Å². The highest BCUT2D eigenvalue weighted by Crippen LogP contribution is 2.28. The summed E-state index contributed by atoms with van der Waals surface area (Å²) < 4.78 is 5.70. The van der Waals surface area contributed by atoms with Gasteiger partial charge in [0.1, 0.15) is 17.1 Å². The zero-order chi connectivity index (χ0) is 22.1. The minimum atomic E-state index is -0.633. The third-order valence-electron chi connectivity index (χ3n) is 4.65. The first kappa shape index (κ1) is 20.2. The molecule has 1 aliphatic rings. The minimum Gasteiger partial charge on any atom is -0.457 e. The van der Waals surface area contributed by atoms with Gasteiger partial charge >= 0.3 is 0 Å². The summed E-state index contributed by atoms with van der Waals surface area (Å²) in [6.07, 6.45) is 1.32. The number of furan rings is 1. The number of nitro benzene ring substituents is 1. The van der Waals surface area contributed by atoms with E-state index >= 15 is 0 Å². The van der Waals surface area contributed by atoms with Crippen molar-refractivity contribution in [3.63, 3.8) is 0 Å². The Hall–Kier alpha value is -4.11. The van der Waals surface area contributed by atoms with Crippen LogP contribution >= 0.6 is 12.2 Å². The first-order valence-corrected chi connectivity index (χ1v) is 9.57. The van der Waals surface area contributed by atoms with E-state index in [4.69, 9.17) is 16.6 Å². The highest BCUT2D eigenvalue weighted by Gasteiger charge is 2.34. The van der Waals surface area contributed by atoms with Crippen LogP contribution in [0.1, 0.15) is 11.3 Å². The number of rotatable bonds is 4. The smallest absolute Gasteiger partial charge is 0.270 e. The first-order valence-electron chi connectivity index (χ1n) is 9.16. The maximum atomic E-state index is 13.0. The molecule has 1 aliphatic heterocycles. The third kappa shape index (κ3) is 3.99. The highest BCUT2D eigenvalue weighted by atomic mass is 32.1. The molecule has 0 spiro atoms. The lowest BCUT2D eigenvalue weighted by molar-refractivity contribution is -0.384. The van der Waals surface area contributed by atoms with Gasteiger partial charge in [-0.1, -0.05) is 29.8 Å². The van der Waals surface area contributed by atoms with Crippen molar-refractivity contribution in [2.24, 2.45) is 0 Å². The van der Waals surface area contributed by atoms with Gasteiger partial charge in [0, 0.05) is 17.7 Å². The molecule has 0 radical (unpaired) electrons. The average molecular weight is 433 g/mol. The molecule has 0 bridgehead atoms. The zero-order valence-electron chi connectivity index (χ0n) is 16.2. The van der Waals surface area contributed by atoms with Crippen LogP contribution in [0.2, 0.25) is 0 Å². The highest BCUT2D eigenvalue weighted by molar-refractivity contribution is 7.80. The van der Waals surface area contributed by atoms with Gasteiger partial charge in [0.05, 0.1) is 10.6 Å². The minimum absolute atomic E-state index is 0.00673. The zero-order valence-corrected chi connectivity index (χ0v) is 17.0. The molecule has 9 heteroatoms. The fraction of sp³-hybridized carbons (Fsp3) is 0.0455. The molecule has 1 fully saturated rings. The van der Waals surface area contributed by atoms with Crippen molar-refractivity contribution in [2.75, 3.05) is 4.90 Å². The number of hydrogen-bond acceptors (Lipinski definition) is 6. The molecule has 154 valence electrons. The van der Waals surface area contributed by atoms with E-state index in [1.54, 1.807) is 36.4 Å². The summed E-state index contributed by atoms with van der Waals surface area (Å²) in [7, 11) is 0. The van der Waals surface area contributed by atoms with Crippen LogP contribution in [0.5, 0.6) is 0 Å². The number of benzene rings is 2. The Morgan fingerprint density at radius 1 is 1.10 bits per heavy atom. The number of nitro groups is 1. The normalized spacial score (nSPS) is 15.3. The van der Waals surface area contributed by atoms with Crippen LogP contribution in [0.25, 0.3) is 17.4 Å². The fourth-order valence-electron chi connectivity index (χ4n) is 3.09. The van der Waals surface area contributed by atoms with Gasteiger partial charge in [-0.15, -0.1) is 0 Å². The van der Waals surface area contributed by atoms with Crippen LogP contribution in [0.15, 0.2) is 70.7 Å². The van der Waals surface area contributed by atoms with E-state index in [0.717, 1.165) is 5.56 Å². The molecule has 0 atom stereocenters. The number of non-ortho nitro benzene ring substituents is 1. The number of hydrogen-bond donors (Lipinski definition) is 1. The molecule has 4 rings (SSSR count). The van der Waals surface area contributed by atoms with Crippen molar-refractivity contribution in [1.29, 1.82) is 0 Å². The monoisotopic (exact) mass is 433 g/mol. The molecule has 1 saturated heterocycles. The quantitative estimate of drug-likeness (QED) is 0.219. The number of amides is 2. The number of anilines is 1. The standard InChI is InChI=1S/C22H15N3O5S/c1-13-5-7-15(8-6-13)24-21(27)18(20(26)23-22(24)31)12-17-9-10-19(30-17)14-3-2-4-16(11-14)25(28)29/h2-12H,1H3,(H,23,26,31)/b18-12+. The molecular weight excluding hydrogens is 418 g/mol. The lowest BCUT2D eigenvalue weighted by atomic mass is 10.1. The summed E-state index contributed by atoms with van der Waals surface area (Å²) >= 11 is 5.18. The van der Waals surface area contributed by atoms with E-state index in [0.29, 0.717) is 17.0 Å². The van der Waals surface area contributed by atoms with Gasteiger partial charge in [-0.2, -0.15) is 0 Å². The first-order chi connectivity index (χ1) is 14.8.